The fraction of sp³-hybridized carbons (Fsp3) is 0.947. The summed E-state index contributed by atoms with van der Waals surface area (Å²) in [5, 5.41) is 10.6. The van der Waals surface area contributed by atoms with Crippen LogP contribution in [-0.4, -0.2) is 96.7 Å². The normalized spacial score (nSPS) is 13.9. The van der Waals surface area contributed by atoms with Crippen LogP contribution in [0, 0.1) is 0 Å². The Morgan fingerprint density at radius 1 is 0.253 bits per heavy atom. The summed E-state index contributed by atoms with van der Waals surface area (Å²) in [6, 6.07) is 0. The van der Waals surface area contributed by atoms with Gasteiger partial charge in [0.1, 0.15) is 19.3 Å². The van der Waals surface area contributed by atoms with Crippen molar-refractivity contribution in [3.8, 4) is 0 Å². The molecule has 0 spiro atoms. The fourth-order valence-electron chi connectivity index (χ4n) is 11.8. The number of hydrogen-bond donors (Lipinski definition) is 3. The third-order valence-electron chi connectivity index (χ3n) is 17.9. The number of esters is 4. The number of unbranched alkanes of at least 4 members (excludes halogenated alkanes) is 51. The van der Waals surface area contributed by atoms with Crippen LogP contribution >= 0.6 is 15.6 Å². The Morgan fingerprint density at radius 2 is 0.421 bits per heavy atom. The molecule has 0 aliphatic carbocycles. The molecule has 0 aliphatic heterocycles. The van der Waals surface area contributed by atoms with Crippen LogP contribution in [0.3, 0.4) is 0 Å². The van der Waals surface area contributed by atoms with Crippen molar-refractivity contribution < 1.29 is 80.2 Å². The summed E-state index contributed by atoms with van der Waals surface area (Å²) >= 11 is 0. The standard InChI is InChI=1S/C76H148O17P2/c1-5-9-13-17-21-25-27-29-31-33-35-37-39-41-43-45-47-51-55-59-63-76(81)93-72(67-87-74(79)61-57-53-50-46-44-42-40-38-36-34-32-30-28-26-22-18-14-10-6-2)69-91-95(84,85)89-65-70(77)64-88-94(82,83)90-68-71(92-75(80)62-58-54-49-24-20-16-12-8-4)66-86-73(78)60-56-52-48-23-19-15-11-7-3/h70-72,77H,5-69H2,1-4H3,(H,82,83)(H,84,85)/t70-,71+,72+/m0/s1. The molecule has 5 atom stereocenters. The van der Waals surface area contributed by atoms with Gasteiger partial charge in [0.15, 0.2) is 12.2 Å². The van der Waals surface area contributed by atoms with E-state index in [0.29, 0.717) is 25.7 Å². The molecule has 564 valence electrons. The molecule has 0 saturated heterocycles. The lowest BCUT2D eigenvalue weighted by Crippen LogP contribution is -2.30. The van der Waals surface area contributed by atoms with Gasteiger partial charge >= 0.3 is 39.5 Å². The van der Waals surface area contributed by atoms with Gasteiger partial charge in [0.2, 0.25) is 0 Å². The van der Waals surface area contributed by atoms with Crippen LogP contribution in [0.5, 0.6) is 0 Å². The maximum absolute atomic E-state index is 13.1. The van der Waals surface area contributed by atoms with E-state index in [4.69, 9.17) is 37.0 Å². The lowest BCUT2D eigenvalue weighted by Gasteiger charge is -2.21. The molecule has 0 fully saturated rings. The predicted octanol–water partition coefficient (Wildman–Crippen LogP) is 22.6. The molecule has 0 heterocycles. The van der Waals surface area contributed by atoms with E-state index in [2.05, 4.69) is 27.7 Å². The van der Waals surface area contributed by atoms with Crippen LogP contribution in [0.4, 0.5) is 0 Å². The summed E-state index contributed by atoms with van der Waals surface area (Å²) in [6.07, 6.45) is 61.4. The lowest BCUT2D eigenvalue weighted by molar-refractivity contribution is -0.161. The smallest absolute Gasteiger partial charge is 0.462 e. The molecule has 19 heteroatoms. The molecule has 0 rings (SSSR count). The fourth-order valence-corrected chi connectivity index (χ4v) is 13.3. The van der Waals surface area contributed by atoms with E-state index >= 15 is 0 Å². The van der Waals surface area contributed by atoms with Gasteiger partial charge in [0, 0.05) is 25.7 Å². The Bertz CT molecular complexity index is 1810. The number of ether oxygens (including phenoxy) is 4. The highest BCUT2D eigenvalue weighted by molar-refractivity contribution is 7.47. The van der Waals surface area contributed by atoms with Crippen LogP contribution < -0.4 is 0 Å². The quantitative estimate of drug-likeness (QED) is 0.0222. The molecule has 0 radical (unpaired) electrons. The van der Waals surface area contributed by atoms with Crippen molar-refractivity contribution in [3.05, 3.63) is 0 Å². The van der Waals surface area contributed by atoms with Crippen molar-refractivity contribution >= 4 is 39.5 Å². The first kappa shape index (κ1) is 93.1. The molecule has 0 aromatic heterocycles. The second-order valence-corrected chi connectivity index (χ2v) is 30.3. The third kappa shape index (κ3) is 70.3. The van der Waals surface area contributed by atoms with Gasteiger partial charge in [-0.15, -0.1) is 0 Å². The number of aliphatic hydroxyl groups excluding tert-OH is 1. The summed E-state index contributed by atoms with van der Waals surface area (Å²) in [6.45, 7) is 4.93. The Hall–Kier alpha value is -1.94. The van der Waals surface area contributed by atoms with E-state index in [1.54, 1.807) is 0 Å². The van der Waals surface area contributed by atoms with Crippen LogP contribution in [0.25, 0.3) is 0 Å². The molecule has 0 saturated carbocycles. The number of carbonyl (C=O) groups excluding carboxylic acids is 4. The minimum Gasteiger partial charge on any atom is -0.462 e. The molecule has 0 aliphatic rings. The lowest BCUT2D eigenvalue weighted by atomic mass is 10.0. The van der Waals surface area contributed by atoms with Gasteiger partial charge in [-0.1, -0.05) is 355 Å². The zero-order valence-electron chi connectivity index (χ0n) is 61.6. The van der Waals surface area contributed by atoms with Crippen molar-refractivity contribution in [1.82, 2.24) is 0 Å². The second kappa shape index (κ2) is 70.5. The first-order chi connectivity index (χ1) is 46.2. The van der Waals surface area contributed by atoms with Crippen molar-refractivity contribution in [1.29, 1.82) is 0 Å². The van der Waals surface area contributed by atoms with Crippen LogP contribution in [0.15, 0.2) is 0 Å². The van der Waals surface area contributed by atoms with Crippen LogP contribution in [0.2, 0.25) is 0 Å². The minimum absolute atomic E-state index is 0.105. The maximum atomic E-state index is 13.1. The van der Waals surface area contributed by atoms with Gasteiger partial charge in [-0.3, -0.25) is 37.3 Å². The zero-order valence-corrected chi connectivity index (χ0v) is 63.4. The minimum atomic E-state index is -4.95. The Labute approximate surface area is 581 Å². The van der Waals surface area contributed by atoms with E-state index in [1.807, 2.05) is 0 Å². The number of hydrogen-bond acceptors (Lipinski definition) is 15. The molecular formula is C76H148O17P2. The van der Waals surface area contributed by atoms with Crippen molar-refractivity contribution in [2.24, 2.45) is 0 Å². The molecule has 17 nitrogen and oxygen atoms in total. The van der Waals surface area contributed by atoms with Crippen molar-refractivity contribution in [3.63, 3.8) is 0 Å². The number of aliphatic hydroxyl groups is 1. The third-order valence-corrected chi connectivity index (χ3v) is 19.8. The molecule has 0 bridgehead atoms. The number of phosphoric ester groups is 2. The molecular weight excluding hydrogens is 1250 g/mol. The van der Waals surface area contributed by atoms with E-state index in [1.165, 1.54) is 225 Å². The van der Waals surface area contributed by atoms with E-state index in [0.717, 1.165) is 103 Å². The van der Waals surface area contributed by atoms with Crippen LogP contribution in [-0.2, 0) is 65.4 Å². The Balaban J connectivity index is 5.13. The van der Waals surface area contributed by atoms with Gasteiger partial charge in [0.25, 0.3) is 0 Å². The topological polar surface area (TPSA) is 237 Å². The predicted molar refractivity (Wildman–Crippen MR) is 386 cm³/mol. The number of rotatable bonds is 77. The van der Waals surface area contributed by atoms with Crippen LogP contribution in [0.1, 0.15) is 407 Å². The maximum Gasteiger partial charge on any atom is 0.472 e. The number of carbonyl (C=O) groups is 4. The first-order valence-corrected chi connectivity index (χ1v) is 42.8. The van der Waals surface area contributed by atoms with Crippen molar-refractivity contribution in [2.75, 3.05) is 39.6 Å². The highest BCUT2D eigenvalue weighted by Crippen LogP contribution is 2.45. The van der Waals surface area contributed by atoms with Gasteiger partial charge in [-0.25, -0.2) is 9.13 Å². The van der Waals surface area contributed by atoms with E-state index < -0.39 is 97.5 Å². The zero-order chi connectivity index (χ0) is 69.7. The van der Waals surface area contributed by atoms with Crippen molar-refractivity contribution in [2.45, 2.75) is 425 Å². The van der Waals surface area contributed by atoms with Gasteiger partial charge in [-0.05, 0) is 25.7 Å². The monoisotopic (exact) mass is 1400 g/mol. The highest BCUT2D eigenvalue weighted by atomic mass is 31.2. The SMILES string of the molecule is CCCCCCCCCCCCCCCCCCCCCCC(=O)O[C@H](COC(=O)CCCCCCCCCCCCCCCCCCCCC)COP(=O)(O)OC[C@@H](O)COP(=O)(O)OC[C@@H](COC(=O)CCCCCCCCCC)OC(=O)CCCCCCCCCC. The summed E-state index contributed by atoms with van der Waals surface area (Å²) in [7, 11) is -9.90. The molecule has 0 amide bonds. The largest absolute Gasteiger partial charge is 0.472 e. The Kier molecular flexibility index (Phi) is 69.1. The summed E-state index contributed by atoms with van der Waals surface area (Å²) < 4.78 is 68.3. The summed E-state index contributed by atoms with van der Waals surface area (Å²) in [4.78, 5) is 72.6. The molecule has 2 unspecified atom stereocenters. The van der Waals surface area contributed by atoms with Gasteiger partial charge < -0.3 is 33.8 Å². The van der Waals surface area contributed by atoms with Gasteiger partial charge in [-0.2, -0.15) is 0 Å². The molecule has 95 heavy (non-hydrogen) atoms. The molecule has 0 aromatic rings. The van der Waals surface area contributed by atoms with Gasteiger partial charge in [0.05, 0.1) is 26.4 Å². The highest BCUT2D eigenvalue weighted by Gasteiger charge is 2.30. The summed E-state index contributed by atoms with van der Waals surface area (Å²) in [5.74, 6) is -2.12. The molecule has 0 aromatic carbocycles. The average molecular weight is 1400 g/mol. The van der Waals surface area contributed by atoms with E-state index in [-0.39, 0.29) is 25.7 Å². The van der Waals surface area contributed by atoms with E-state index in [9.17, 15) is 43.2 Å². The number of phosphoric acid groups is 2. The summed E-state index contributed by atoms with van der Waals surface area (Å²) in [5.41, 5.74) is 0. The first-order valence-electron chi connectivity index (χ1n) is 39.8. The molecule has 3 N–H and O–H groups in total. The Morgan fingerprint density at radius 3 is 0.621 bits per heavy atom. The second-order valence-electron chi connectivity index (χ2n) is 27.4. The average Bonchev–Trinajstić information content (AvgIpc) is 2.19.